The lowest BCUT2D eigenvalue weighted by Crippen LogP contribution is -2.41. The summed E-state index contributed by atoms with van der Waals surface area (Å²) in [6.07, 6.45) is 5.04. The molecular weight excluding hydrogens is 273 g/mol. The lowest BCUT2D eigenvalue weighted by atomic mass is 9.95. The minimum absolute atomic E-state index is 0.0384. The van der Waals surface area contributed by atoms with Crippen LogP contribution in [0.25, 0.3) is 0 Å². The number of amides is 1. The van der Waals surface area contributed by atoms with E-state index < -0.39 is 0 Å². The Morgan fingerprint density at radius 2 is 2.29 bits per heavy atom. The number of benzene rings is 1. The maximum atomic E-state index is 13.2. The molecule has 3 rings (SSSR count). The highest BCUT2D eigenvalue weighted by atomic mass is 19.1. The van der Waals surface area contributed by atoms with Crippen LogP contribution >= 0.6 is 0 Å². The SMILES string of the molecule is O=C(N[C@@H]1C=C[C@H](CO)C1)C1COc2ccc(F)cc2C1. The zero-order valence-corrected chi connectivity index (χ0v) is 11.6. The topological polar surface area (TPSA) is 58.6 Å². The summed E-state index contributed by atoms with van der Waals surface area (Å²) in [7, 11) is 0. The predicted octanol–water partition coefficient (Wildman–Crippen LogP) is 1.43. The first-order chi connectivity index (χ1) is 10.2. The number of carbonyl (C=O) groups is 1. The van der Waals surface area contributed by atoms with Crippen LogP contribution in [0.1, 0.15) is 12.0 Å². The highest BCUT2D eigenvalue weighted by molar-refractivity contribution is 5.80. The fourth-order valence-corrected chi connectivity index (χ4v) is 2.85. The van der Waals surface area contributed by atoms with E-state index in [4.69, 9.17) is 9.84 Å². The van der Waals surface area contributed by atoms with Crippen molar-refractivity contribution in [1.29, 1.82) is 0 Å². The van der Waals surface area contributed by atoms with Crippen molar-refractivity contribution >= 4 is 5.91 Å². The van der Waals surface area contributed by atoms with E-state index in [1.165, 1.54) is 12.1 Å². The molecule has 0 saturated heterocycles. The summed E-state index contributed by atoms with van der Waals surface area (Å²) in [4.78, 5) is 12.3. The first kappa shape index (κ1) is 14.1. The van der Waals surface area contributed by atoms with Gasteiger partial charge in [-0.2, -0.15) is 0 Å². The van der Waals surface area contributed by atoms with Crippen molar-refractivity contribution < 1.29 is 19.0 Å². The molecule has 1 amide bonds. The molecule has 1 heterocycles. The number of fused-ring (bicyclic) bond motifs is 1. The zero-order chi connectivity index (χ0) is 14.8. The van der Waals surface area contributed by atoms with Gasteiger partial charge in [-0.3, -0.25) is 4.79 Å². The van der Waals surface area contributed by atoms with Gasteiger partial charge in [0.1, 0.15) is 18.2 Å². The average Bonchev–Trinajstić information content (AvgIpc) is 2.94. The van der Waals surface area contributed by atoms with Crippen LogP contribution in [0.2, 0.25) is 0 Å². The van der Waals surface area contributed by atoms with E-state index in [2.05, 4.69) is 5.32 Å². The Kier molecular flexibility index (Phi) is 3.92. The lowest BCUT2D eigenvalue weighted by Gasteiger charge is -2.25. The highest BCUT2D eigenvalue weighted by Gasteiger charge is 2.28. The van der Waals surface area contributed by atoms with Crippen LogP contribution in [0.5, 0.6) is 5.75 Å². The van der Waals surface area contributed by atoms with Gasteiger partial charge in [0.15, 0.2) is 0 Å². The Balaban J connectivity index is 1.61. The number of hydrogen-bond acceptors (Lipinski definition) is 3. The molecule has 5 heteroatoms. The molecule has 4 nitrogen and oxygen atoms in total. The van der Waals surface area contributed by atoms with Gasteiger partial charge in [0, 0.05) is 18.6 Å². The number of halogens is 1. The maximum Gasteiger partial charge on any atom is 0.227 e. The van der Waals surface area contributed by atoms with Crippen LogP contribution in [-0.4, -0.2) is 30.3 Å². The quantitative estimate of drug-likeness (QED) is 0.828. The van der Waals surface area contributed by atoms with Gasteiger partial charge < -0.3 is 15.2 Å². The number of rotatable bonds is 3. The molecular formula is C16H18FNO3. The Labute approximate surface area is 122 Å². The standard InChI is InChI=1S/C16H18FNO3/c17-13-2-4-15-11(7-13)6-12(9-21-15)16(20)18-14-3-1-10(5-14)8-19/h1-4,7,10,12,14,19H,5-6,8-9H2,(H,18,20)/t10-,12?,14+/m0/s1. The number of ether oxygens (including phenoxy) is 1. The van der Waals surface area contributed by atoms with E-state index in [9.17, 15) is 9.18 Å². The predicted molar refractivity (Wildman–Crippen MR) is 75.4 cm³/mol. The third-order valence-electron chi connectivity index (χ3n) is 4.03. The molecule has 2 aliphatic rings. The third-order valence-corrected chi connectivity index (χ3v) is 4.03. The number of hydrogen-bond donors (Lipinski definition) is 2. The van der Waals surface area contributed by atoms with E-state index in [-0.39, 0.29) is 36.2 Å². The van der Waals surface area contributed by atoms with Gasteiger partial charge in [-0.1, -0.05) is 12.2 Å². The molecule has 0 fully saturated rings. The number of nitrogens with one attached hydrogen (secondary N) is 1. The van der Waals surface area contributed by atoms with Gasteiger partial charge in [-0.25, -0.2) is 4.39 Å². The molecule has 1 unspecified atom stereocenters. The van der Waals surface area contributed by atoms with Gasteiger partial charge in [0.2, 0.25) is 5.91 Å². The van der Waals surface area contributed by atoms with Crippen molar-refractivity contribution in [2.75, 3.05) is 13.2 Å². The molecule has 0 spiro atoms. The number of carbonyl (C=O) groups excluding carboxylic acids is 1. The summed E-state index contributed by atoms with van der Waals surface area (Å²) in [5.41, 5.74) is 0.733. The first-order valence-electron chi connectivity index (χ1n) is 7.16. The van der Waals surface area contributed by atoms with Gasteiger partial charge >= 0.3 is 0 Å². The average molecular weight is 291 g/mol. The van der Waals surface area contributed by atoms with E-state index in [1.807, 2.05) is 12.2 Å². The lowest BCUT2D eigenvalue weighted by molar-refractivity contribution is -0.126. The summed E-state index contributed by atoms with van der Waals surface area (Å²) in [6, 6.07) is 4.34. The molecule has 2 N–H and O–H groups in total. The first-order valence-corrected chi connectivity index (χ1v) is 7.16. The molecule has 0 saturated carbocycles. The molecule has 1 aliphatic heterocycles. The number of aliphatic hydroxyl groups excluding tert-OH is 1. The van der Waals surface area contributed by atoms with Gasteiger partial charge in [-0.05, 0) is 36.6 Å². The zero-order valence-electron chi connectivity index (χ0n) is 11.6. The molecule has 21 heavy (non-hydrogen) atoms. The molecule has 3 atom stereocenters. The minimum atomic E-state index is -0.317. The minimum Gasteiger partial charge on any atom is -0.492 e. The van der Waals surface area contributed by atoms with Crippen LogP contribution in [-0.2, 0) is 11.2 Å². The van der Waals surface area contributed by atoms with E-state index in [0.717, 1.165) is 12.0 Å². The smallest absolute Gasteiger partial charge is 0.227 e. The molecule has 1 aromatic rings. The van der Waals surface area contributed by atoms with Crippen molar-refractivity contribution in [2.45, 2.75) is 18.9 Å². The highest BCUT2D eigenvalue weighted by Crippen LogP contribution is 2.28. The van der Waals surface area contributed by atoms with Crippen LogP contribution in [0.15, 0.2) is 30.4 Å². The number of aliphatic hydroxyl groups is 1. The Hall–Kier alpha value is -1.88. The fraction of sp³-hybridized carbons (Fsp3) is 0.438. The Morgan fingerprint density at radius 1 is 1.43 bits per heavy atom. The van der Waals surface area contributed by atoms with Crippen LogP contribution in [0.3, 0.4) is 0 Å². The Morgan fingerprint density at radius 3 is 3.05 bits per heavy atom. The van der Waals surface area contributed by atoms with Crippen molar-refractivity contribution in [1.82, 2.24) is 5.32 Å². The Bertz CT molecular complexity index is 573. The molecule has 0 bridgehead atoms. The normalized spacial score (nSPS) is 27.0. The van der Waals surface area contributed by atoms with Crippen molar-refractivity contribution in [2.24, 2.45) is 11.8 Å². The molecule has 0 radical (unpaired) electrons. The van der Waals surface area contributed by atoms with Gasteiger partial charge in [0.05, 0.1) is 5.92 Å². The van der Waals surface area contributed by atoms with Crippen molar-refractivity contribution in [3.8, 4) is 5.75 Å². The van der Waals surface area contributed by atoms with Gasteiger partial charge in [0.25, 0.3) is 0 Å². The summed E-state index contributed by atoms with van der Waals surface area (Å²) in [5, 5.41) is 12.0. The van der Waals surface area contributed by atoms with E-state index in [1.54, 1.807) is 6.07 Å². The molecule has 112 valence electrons. The summed E-state index contributed by atoms with van der Waals surface area (Å²) in [6.45, 7) is 0.409. The summed E-state index contributed by atoms with van der Waals surface area (Å²) in [5.74, 6) is 0.0660. The summed E-state index contributed by atoms with van der Waals surface area (Å²) < 4.78 is 18.8. The second-order valence-corrected chi connectivity index (χ2v) is 5.64. The van der Waals surface area contributed by atoms with Crippen molar-refractivity contribution in [3.05, 3.63) is 41.7 Å². The fourth-order valence-electron chi connectivity index (χ4n) is 2.85. The van der Waals surface area contributed by atoms with Gasteiger partial charge in [-0.15, -0.1) is 0 Å². The monoisotopic (exact) mass is 291 g/mol. The summed E-state index contributed by atoms with van der Waals surface area (Å²) >= 11 is 0. The molecule has 0 aromatic heterocycles. The third kappa shape index (κ3) is 3.08. The second kappa shape index (κ2) is 5.85. The largest absolute Gasteiger partial charge is 0.492 e. The van der Waals surface area contributed by atoms with Crippen molar-refractivity contribution in [3.63, 3.8) is 0 Å². The van der Waals surface area contributed by atoms with Crippen LogP contribution in [0.4, 0.5) is 4.39 Å². The van der Waals surface area contributed by atoms with E-state index in [0.29, 0.717) is 18.8 Å². The second-order valence-electron chi connectivity index (χ2n) is 5.64. The maximum absolute atomic E-state index is 13.2. The van der Waals surface area contributed by atoms with Crippen LogP contribution < -0.4 is 10.1 Å². The van der Waals surface area contributed by atoms with Crippen LogP contribution in [0, 0.1) is 17.7 Å². The molecule has 1 aromatic carbocycles. The van der Waals surface area contributed by atoms with E-state index >= 15 is 0 Å². The molecule has 1 aliphatic carbocycles.